The van der Waals surface area contributed by atoms with Gasteiger partial charge in [0.05, 0.1) is 11.2 Å². The van der Waals surface area contributed by atoms with Gasteiger partial charge in [-0.2, -0.15) is 0 Å². The molecule has 0 radical (unpaired) electrons. The summed E-state index contributed by atoms with van der Waals surface area (Å²) in [6.07, 6.45) is 5.18. The lowest BCUT2D eigenvalue weighted by Crippen LogP contribution is -2.21. The topological polar surface area (TPSA) is 24.4 Å². The Morgan fingerprint density at radius 1 is 1.22 bits per heavy atom. The van der Waals surface area contributed by atoms with Crippen molar-refractivity contribution in [2.45, 2.75) is 31.2 Å². The van der Waals surface area contributed by atoms with Crippen LogP contribution in [0.4, 0.5) is 5.69 Å². The fourth-order valence-corrected chi connectivity index (χ4v) is 4.89. The minimum absolute atomic E-state index is 0.245. The molecule has 1 spiro atoms. The van der Waals surface area contributed by atoms with Crippen molar-refractivity contribution in [3.8, 4) is 0 Å². The number of anilines is 1. The quantitative estimate of drug-likeness (QED) is 0.727. The van der Waals surface area contributed by atoms with E-state index in [1.165, 1.54) is 25.7 Å². The second-order valence-corrected chi connectivity index (χ2v) is 7.62. The van der Waals surface area contributed by atoms with E-state index >= 15 is 0 Å². The van der Waals surface area contributed by atoms with Crippen LogP contribution in [0, 0.1) is 0 Å². The van der Waals surface area contributed by atoms with Crippen molar-refractivity contribution in [3.63, 3.8) is 0 Å². The van der Waals surface area contributed by atoms with Crippen LogP contribution < -0.4 is 5.32 Å². The number of halogens is 2. The molecule has 18 heavy (non-hydrogen) atoms. The van der Waals surface area contributed by atoms with Crippen molar-refractivity contribution in [2.24, 2.45) is 4.99 Å². The predicted octanol–water partition coefficient (Wildman–Crippen LogP) is 5.04. The number of nitrogens with one attached hydrogen (secondary N) is 1. The summed E-state index contributed by atoms with van der Waals surface area (Å²) in [5.74, 6) is 1.14. The van der Waals surface area contributed by atoms with Gasteiger partial charge in [-0.05, 0) is 47.0 Å². The second kappa shape index (κ2) is 5.17. The highest BCUT2D eigenvalue weighted by atomic mass is 79.9. The van der Waals surface area contributed by atoms with Crippen LogP contribution in [-0.4, -0.2) is 16.5 Å². The number of benzene rings is 1. The summed E-state index contributed by atoms with van der Waals surface area (Å²) in [4.78, 5) is 4.91. The van der Waals surface area contributed by atoms with Crippen LogP contribution in [-0.2, 0) is 0 Å². The van der Waals surface area contributed by atoms with Gasteiger partial charge in [0.25, 0.3) is 0 Å². The third kappa shape index (κ3) is 2.63. The van der Waals surface area contributed by atoms with Gasteiger partial charge in [0.15, 0.2) is 5.17 Å². The highest BCUT2D eigenvalue weighted by Gasteiger charge is 2.38. The molecule has 1 saturated carbocycles. The van der Waals surface area contributed by atoms with Crippen LogP contribution in [0.15, 0.2) is 32.1 Å². The number of nitrogens with zero attached hydrogens (tertiary/aromatic N) is 1. The van der Waals surface area contributed by atoms with Crippen molar-refractivity contribution < 1.29 is 0 Å². The zero-order valence-corrected chi connectivity index (χ0v) is 13.9. The van der Waals surface area contributed by atoms with E-state index in [-0.39, 0.29) is 5.54 Å². The number of aliphatic imine (C=N–C) groups is 1. The summed E-state index contributed by atoms with van der Waals surface area (Å²) in [5.41, 5.74) is 1.33. The Balaban J connectivity index is 1.77. The van der Waals surface area contributed by atoms with Crippen LogP contribution in [0.2, 0.25) is 0 Å². The maximum Gasteiger partial charge on any atom is 0.161 e. The van der Waals surface area contributed by atoms with Gasteiger partial charge in [-0.3, -0.25) is 4.99 Å². The van der Waals surface area contributed by atoms with Crippen molar-refractivity contribution in [3.05, 3.63) is 27.1 Å². The highest BCUT2D eigenvalue weighted by molar-refractivity contribution is 9.11. The molecule has 0 unspecified atom stereocenters. The molecule has 0 saturated heterocycles. The van der Waals surface area contributed by atoms with Gasteiger partial charge in [0, 0.05) is 14.7 Å². The highest BCUT2D eigenvalue weighted by Crippen LogP contribution is 2.41. The molecule has 0 bridgehead atoms. The van der Waals surface area contributed by atoms with E-state index in [0.717, 1.165) is 25.6 Å². The van der Waals surface area contributed by atoms with Crippen molar-refractivity contribution in [1.29, 1.82) is 0 Å². The molecule has 0 aromatic heterocycles. The standard InChI is InChI=1S/C13H14Br2N2S/c14-9-3-4-11(10(15)7-9)16-12-17-13(8-18-12)5-1-2-6-13/h3-4,7H,1-2,5-6,8H2,(H,16,17). The third-order valence-corrected chi connectivity index (χ3v) is 5.82. The average Bonchev–Trinajstić information content (AvgIpc) is 2.94. The smallest absolute Gasteiger partial charge is 0.161 e. The monoisotopic (exact) mass is 388 g/mol. The SMILES string of the molecule is Brc1ccc(NC2=NC3(CCCC3)CS2)c(Br)c1. The van der Waals surface area contributed by atoms with Crippen LogP contribution in [0.3, 0.4) is 0 Å². The largest absolute Gasteiger partial charge is 0.334 e. The van der Waals surface area contributed by atoms with Crippen LogP contribution in [0.25, 0.3) is 0 Å². The zero-order chi connectivity index (χ0) is 12.6. The first-order chi connectivity index (χ1) is 8.67. The Morgan fingerprint density at radius 2 is 2.00 bits per heavy atom. The lowest BCUT2D eigenvalue weighted by atomic mass is 10.0. The number of hydrogen-bond acceptors (Lipinski definition) is 3. The summed E-state index contributed by atoms with van der Waals surface area (Å²) < 4.78 is 2.14. The zero-order valence-electron chi connectivity index (χ0n) is 9.88. The minimum Gasteiger partial charge on any atom is -0.334 e. The molecule has 1 aromatic carbocycles. The lowest BCUT2D eigenvalue weighted by Gasteiger charge is -2.16. The average molecular weight is 390 g/mol. The van der Waals surface area contributed by atoms with E-state index in [2.05, 4.69) is 43.2 Å². The number of rotatable bonds is 1. The summed E-state index contributed by atoms with van der Waals surface area (Å²) in [5, 5.41) is 4.50. The van der Waals surface area contributed by atoms with Crippen LogP contribution in [0.5, 0.6) is 0 Å². The Kier molecular flexibility index (Phi) is 3.74. The van der Waals surface area contributed by atoms with E-state index < -0.39 is 0 Å². The predicted molar refractivity (Wildman–Crippen MR) is 86.6 cm³/mol. The first kappa shape index (κ1) is 13.0. The second-order valence-electron chi connectivity index (χ2n) is 4.89. The van der Waals surface area contributed by atoms with Crippen LogP contribution >= 0.6 is 43.6 Å². The van der Waals surface area contributed by atoms with E-state index in [0.29, 0.717) is 0 Å². The summed E-state index contributed by atoms with van der Waals surface area (Å²) in [6, 6.07) is 6.16. The molecule has 2 aliphatic rings. The number of hydrogen-bond donors (Lipinski definition) is 1. The fourth-order valence-electron chi connectivity index (χ4n) is 2.54. The molecule has 2 nitrogen and oxygen atoms in total. The van der Waals surface area contributed by atoms with E-state index in [1.54, 1.807) is 0 Å². The molecule has 5 heteroatoms. The first-order valence-corrected chi connectivity index (χ1v) is 8.69. The van der Waals surface area contributed by atoms with E-state index in [1.807, 2.05) is 23.9 Å². The normalized spacial score (nSPS) is 21.3. The van der Waals surface area contributed by atoms with Crippen molar-refractivity contribution in [1.82, 2.24) is 0 Å². The molecule has 1 aliphatic heterocycles. The molecule has 1 aliphatic carbocycles. The maximum atomic E-state index is 4.91. The molecule has 1 heterocycles. The van der Waals surface area contributed by atoms with Gasteiger partial charge in [0.1, 0.15) is 0 Å². The minimum atomic E-state index is 0.245. The summed E-state index contributed by atoms with van der Waals surface area (Å²) >= 11 is 8.89. The molecular formula is C13H14Br2N2S. The first-order valence-electron chi connectivity index (χ1n) is 6.12. The third-order valence-electron chi connectivity index (χ3n) is 3.52. The molecule has 1 aromatic rings. The van der Waals surface area contributed by atoms with E-state index in [9.17, 15) is 0 Å². The molecule has 0 atom stereocenters. The van der Waals surface area contributed by atoms with Crippen molar-refractivity contribution >= 4 is 54.5 Å². The maximum absolute atomic E-state index is 4.91. The fraction of sp³-hybridized carbons (Fsp3) is 0.462. The molecule has 1 N–H and O–H groups in total. The van der Waals surface area contributed by atoms with Crippen LogP contribution in [0.1, 0.15) is 25.7 Å². The van der Waals surface area contributed by atoms with Crippen molar-refractivity contribution in [2.75, 3.05) is 11.1 Å². The van der Waals surface area contributed by atoms with Gasteiger partial charge in [0.2, 0.25) is 0 Å². The van der Waals surface area contributed by atoms with Gasteiger partial charge in [-0.15, -0.1) is 0 Å². The lowest BCUT2D eigenvalue weighted by molar-refractivity contribution is 0.508. The van der Waals surface area contributed by atoms with Gasteiger partial charge < -0.3 is 5.32 Å². The Hall–Kier alpha value is -0.000000000000000111. The van der Waals surface area contributed by atoms with Gasteiger partial charge >= 0.3 is 0 Å². The molecule has 3 rings (SSSR count). The van der Waals surface area contributed by atoms with E-state index in [4.69, 9.17) is 4.99 Å². The Bertz CT molecular complexity index is 496. The van der Waals surface area contributed by atoms with Gasteiger partial charge in [-0.1, -0.05) is 40.5 Å². The van der Waals surface area contributed by atoms with Gasteiger partial charge in [-0.25, -0.2) is 0 Å². The number of thioether (sulfide) groups is 1. The molecular weight excluding hydrogens is 376 g/mol. The Morgan fingerprint density at radius 3 is 2.72 bits per heavy atom. The Labute approximate surface area is 128 Å². The molecule has 1 fully saturated rings. The summed E-state index contributed by atoms with van der Waals surface area (Å²) in [7, 11) is 0. The summed E-state index contributed by atoms with van der Waals surface area (Å²) in [6.45, 7) is 0. The molecule has 0 amide bonds. The number of amidine groups is 1. The molecule has 96 valence electrons.